The highest BCUT2D eigenvalue weighted by molar-refractivity contribution is 6.33. The van der Waals surface area contributed by atoms with E-state index in [2.05, 4.69) is 15.6 Å². The number of likely N-dealkylation sites (N-methyl/N-ethyl adjacent to an activating group) is 1. The molecule has 1 atom stereocenters. The molecule has 0 saturated carbocycles. The topological polar surface area (TPSA) is 74.3 Å². The molecule has 2 rings (SSSR count). The van der Waals surface area contributed by atoms with Crippen molar-refractivity contribution in [2.45, 2.75) is 13.0 Å². The van der Waals surface area contributed by atoms with Crippen molar-refractivity contribution < 1.29 is 9.59 Å². The van der Waals surface area contributed by atoms with Gasteiger partial charge in [0.2, 0.25) is 11.8 Å². The van der Waals surface area contributed by atoms with Crippen molar-refractivity contribution in [3.63, 3.8) is 0 Å². The molecular formula is C17H18Cl2N4O2. The van der Waals surface area contributed by atoms with Gasteiger partial charge in [0, 0.05) is 6.20 Å². The van der Waals surface area contributed by atoms with E-state index in [4.69, 9.17) is 23.2 Å². The van der Waals surface area contributed by atoms with Crippen LogP contribution >= 0.6 is 23.2 Å². The Labute approximate surface area is 156 Å². The lowest BCUT2D eigenvalue weighted by Crippen LogP contribution is -2.43. The number of carbonyl (C=O) groups is 2. The molecule has 1 heterocycles. The lowest BCUT2D eigenvalue weighted by Gasteiger charge is -2.23. The van der Waals surface area contributed by atoms with E-state index in [1.54, 1.807) is 55.3 Å². The van der Waals surface area contributed by atoms with Crippen molar-refractivity contribution in [1.29, 1.82) is 0 Å². The quantitative estimate of drug-likeness (QED) is 0.806. The summed E-state index contributed by atoms with van der Waals surface area (Å²) in [5.74, 6) is -0.141. The Morgan fingerprint density at radius 1 is 1.16 bits per heavy atom. The molecule has 25 heavy (non-hydrogen) atoms. The summed E-state index contributed by atoms with van der Waals surface area (Å²) in [4.78, 5) is 30.0. The second-order valence-corrected chi connectivity index (χ2v) is 6.31. The maximum atomic E-state index is 12.3. The molecule has 1 aromatic heterocycles. The maximum Gasteiger partial charge on any atom is 0.242 e. The Bertz CT molecular complexity index is 753. The number of nitrogens with zero attached hydrogens (tertiary/aromatic N) is 2. The molecule has 0 bridgehead atoms. The Kier molecular flexibility index (Phi) is 6.75. The molecule has 0 saturated heterocycles. The number of halogens is 2. The number of para-hydroxylation sites is 1. The number of nitrogens with one attached hydrogen (secondary N) is 2. The summed E-state index contributed by atoms with van der Waals surface area (Å²) in [5, 5.41) is 6.34. The minimum atomic E-state index is -0.533. The van der Waals surface area contributed by atoms with Gasteiger partial charge in [-0.3, -0.25) is 14.5 Å². The molecule has 132 valence electrons. The van der Waals surface area contributed by atoms with E-state index in [1.165, 1.54) is 6.20 Å². The van der Waals surface area contributed by atoms with E-state index < -0.39 is 6.04 Å². The SMILES string of the molecule is CC(C(=O)Nc1ccc(Cl)cn1)N(C)CC(=O)Nc1ccccc1Cl. The van der Waals surface area contributed by atoms with Crippen LogP contribution in [0.15, 0.2) is 42.6 Å². The fourth-order valence-corrected chi connectivity index (χ4v) is 2.29. The monoisotopic (exact) mass is 380 g/mol. The summed E-state index contributed by atoms with van der Waals surface area (Å²) in [6.07, 6.45) is 1.45. The fourth-order valence-electron chi connectivity index (χ4n) is 2.00. The van der Waals surface area contributed by atoms with Crippen LogP contribution in [0.2, 0.25) is 10.0 Å². The standard InChI is InChI=1S/C17H18Cl2N4O2/c1-11(17(25)22-15-8-7-12(18)9-20-15)23(2)10-16(24)21-14-6-4-3-5-13(14)19/h3-9,11H,10H2,1-2H3,(H,21,24)(H,20,22,25). The second-order valence-electron chi connectivity index (χ2n) is 5.47. The third kappa shape index (κ3) is 5.70. The number of rotatable bonds is 6. The molecule has 2 aromatic rings. The highest BCUT2D eigenvalue weighted by Gasteiger charge is 2.20. The van der Waals surface area contributed by atoms with E-state index in [0.717, 1.165) is 0 Å². The van der Waals surface area contributed by atoms with Crippen molar-refractivity contribution >= 4 is 46.5 Å². The summed E-state index contributed by atoms with van der Waals surface area (Å²) in [6, 6.07) is 9.67. The largest absolute Gasteiger partial charge is 0.324 e. The summed E-state index contributed by atoms with van der Waals surface area (Å²) in [7, 11) is 1.69. The molecule has 0 spiro atoms. The van der Waals surface area contributed by atoms with Gasteiger partial charge in [0.25, 0.3) is 0 Å². The molecule has 8 heteroatoms. The van der Waals surface area contributed by atoms with Gasteiger partial charge >= 0.3 is 0 Å². The van der Waals surface area contributed by atoms with Crippen LogP contribution in [0.25, 0.3) is 0 Å². The van der Waals surface area contributed by atoms with Crippen molar-refractivity contribution in [2.75, 3.05) is 24.2 Å². The lowest BCUT2D eigenvalue weighted by molar-refractivity contribution is -0.122. The highest BCUT2D eigenvalue weighted by Crippen LogP contribution is 2.20. The van der Waals surface area contributed by atoms with E-state index >= 15 is 0 Å². The number of amides is 2. The van der Waals surface area contributed by atoms with Gasteiger partial charge in [0.1, 0.15) is 5.82 Å². The van der Waals surface area contributed by atoms with E-state index in [-0.39, 0.29) is 18.4 Å². The molecular weight excluding hydrogens is 363 g/mol. The number of aromatic nitrogens is 1. The van der Waals surface area contributed by atoms with Gasteiger partial charge in [0.15, 0.2) is 0 Å². The number of hydrogen-bond acceptors (Lipinski definition) is 4. The normalized spacial score (nSPS) is 11.9. The van der Waals surface area contributed by atoms with Crippen LogP contribution in [0.3, 0.4) is 0 Å². The average Bonchev–Trinajstić information content (AvgIpc) is 2.58. The zero-order valence-corrected chi connectivity index (χ0v) is 15.3. The van der Waals surface area contributed by atoms with Gasteiger partial charge in [-0.25, -0.2) is 4.98 Å². The smallest absolute Gasteiger partial charge is 0.242 e. The Morgan fingerprint density at radius 3 is 2.52 bits per heavy atom. The summed E-state index contributed by atoms with van der Waals surface area (Å²) in [5.41, 5.74) is 0.532. The van der Waals surface area contributed by atoms with Crippen molar-refractivity contribution in [1.82, 2.24) is 9.88 Å². The number of hydrogen-bond donors (Lipinski definition) is 2. The van der Waals surface area contributed by atoms with Crippen LogP contribution in [0.4, 0.5) is 11.5 Å². The van der Waals surface area contributed by atoms with Gasteiger partial charge in [0.05, 0.1) is 28.3 Å². The Balaban J connectivity index is 1.89. The van der Waals surface area contributed by atoms with Gasteiger partial charge in [-0.2, -0.15) is 0 Å². The van der Waals surface area contributed by atoms with Crippen LogP contribution in [0.1, 0.15) is 6.92 Å². The Hall–Kier alpha value is -2.15. The number of anilines is 2. The van der Waals surface area contributed by atoms with Crippen molar-refractivity contribution in [2.24, 2.45) is 0 Å². The molecule has 0 radical (unpaired) electrons. The highest BCUT2D eigenvalue weighted by atomic mass is 35.5. The molecule has 1 aromatic carbocycles. The van der Waals surface area contributed by atoms with Gasteiger partial charge in [-0.05, 0) is 38.2 Å². The zero-order valence-electron chi connectivity index (χ0n) is 13.8. The summed E-state index contributed by atoms with van der Waals surface area (Å²) in [6.45, 7) is 1.74. The molecule has 0 aliphatic rings. The second kappa shape index (κ2) is 8.80. The molecule has 6 nitrogen and oxygen atoms in total. The molecule has 1 unspecified atom stereocenters. The van der Waals surface area contributed by atoms with Crippen LogP contribution in [0, 0.1) is 0 Å². The third-order valence-electron chi connectivity index (χ3n) is 3.56. The first-order valence-corrected chi connectivity index (χ1v) is 8.29. The summed E-state index contributed by atoms with van der Waals surface area (Å²) < 4.78 is 0. The maximum absolute atomic E-state index is 12.3. The van der Waals surface area contributed by atoms with Crippen molar-refractivity contribution in [3.05, 3.63) is 52.6 Å². The molecule has 0 aliphatic heterocycles. The fraction of sp³-hybridized carbons (Fsp3) is 0.235. The lowest BCUT2D eigenvalue weighted by atomic mass is 10.2. The van der Waals surface area contributed by atoms with Gasteiger partial charge in [-0.15, -0.1) is 0 Å². The van der Waals surface area contributed by atoms with Gasteiger partial charge in [-0.1, -0.05) is 35.3 Å². The number of benzene rings is 1. The third-order valence-corrected chi connectivity index (χ3v) is 4.11. The van der Waals surface area contributed by atoms with Crippen molar-refractivity contribution in [3.8, 4) is 0 Å². The minimum absolute atomic E-state index is 0.0356. The molecule has 2 N–H and O–H groups in total. The summed E-state index contributed by atoms with van der Waals surface area (Å²) >= 11 is 11.8. The van der Waals surface area contributed by atoms with Crippen LogP contribution in [-0.2, 0) is 9.59 Å². The predicted octanol–water partition coefficient (Wildman–Crippen LogP) is 3.29. The van der Waals surface area contributed by atoms with E-state index in [1.807, 2.05) is 0 Å². The van der Waals surface area contributed by atoms with Crippen LogP contribution < -0.4 is 10.6 Å². The molecule has 0 aliphatic carbocycles. The average molecular weight is 381 g/mol. The Morgan fingerprint density at radius 2 is 1.88 bits per heavy atom. The van der Waals surface area contributed by atoms with Crippen LogP contribution in [0.5, 0.6) is 0 Å². The predicted molar refractivity (Wildman–Crippen MR) is 100 cm³/mol. The first-order valence-electron chi connectivity index (χ1n) is 7.54. The number of carbonyl (C=O) groups excluding carboxylic acids is 2. The first-order chi connectivity index (χ1) is 11.9. The number of pyridine rings is 1. The first kappa shape index (κ1) is 19.2. The van der Waals surface area contributed by atoms with Crippen LogP contribution in [-0.4, -0.2) is 41.3 Å². The van der Waals surface area contributed by atoms with E-state index in [9.17, 15) is 9.59 Å². The van der Waals surface area contributed by atoms with E-state index in [0.29, 0.717) is 21.6 Å². The molecule has 2 amide bonds. The minimum Gasteiger partial charge on any atom is -0.324 e. The van der Waals surface area contributed by atoms with Gasteiger partial charge < -0.3 is 10.6 Å². The molecule has 0 fully saturated rings. The zero-order chi connectivity index (χ0) is 18.4.